The molecule has 33 heavy (non-hydrogen) atoms. The Hall–Kier alpha value is -0.230. The molecule has 0 spiro atoms. The Bertz CT molecular complexity index is 622. The van der Waals surface area contributed by atoms with Gasteiger partial charge in [0.05, 0.1) is 0 Å². The number of esters is 1. The molecule has 0 radical (unpaired) electrons. The van der Waals surface area contributed by atoms with Crippen molar-refractivity contribution in [2.24, 2.45) is 5.92 Å². The van der Waals surface area contributed by atoms with Gasteiger partial charge in [-0.25, -0.2) is 0 Å². The number of carbonyl (C=O) groups excluding carboxylic acids is 1. The molecule has 0 heterocycles. The molecular weight excluding hydrogens is 459 g/mol. The van der Waals surface area contributed by atoms with Gasteiger partial charge in [0.15, 0.2) is 0 Å². The molecule has 1 aliphatic rings. The molecule has 1 saturated carbocycles. The van der Waals surface area contributed by atoms with Gasteiger partial charge in [-0.1, -0.05) is 0 Å². The van der Waals surface area contributed by atoms with E-state index in [9.17, 15) is 13.2 Å². The number of aliphatic hydroxyl groups excluding tert-OH is 1. The summed E-state index contributed by atoms with van der Waals surface area (Å²) in [6, 6.07) is 0. The van der Waals surface area contributed by atoms with E-state index in [1.165, 1.54) is 0 Å². The van der Waals surface area contributed by atoms with Crippen LogP contribution in [0, 0.1) is 5.92 Å². The van der Waals surface area contributed by atoms with E-state index >= 15 is 0 Å². The van der Waals surface area contributed by atoms with Gasteiger partial charge in [0, 0.05) is 0 Å². The van der Waals surface area contributed by atoms with Crippen molar-refractivity contribution in [2.45, 2.75) is 110 Å². The first kappa shape index (κ1) is 30.8. The Morgan fingerprint density at radius 2 is 1.36 bits per heavy atom. The van der Waals surface area contributed by atoms with Crippen molar-refractivity contribution in [3.63, 3.8) is 0 Å². The van der Waals surface area contributed by atoms with Gasteiger partial charge in [-0.15, -0.1) is 0 Å². The molecular formula is C25H51O6PS. The van der Waals surface area contributed by atoms with Crippen molar-refractivity contribution in [1.82, 2.24) is 0 Å². The predicted molar refractivity (Wildman–Crippen MR) is 140 cm³/mol. The first-order valence-electron chi connectivity index (χ1n) is 13.4. The minimum absolute atomic E-state index is 0.0397. The number of carbonyl (C=O) groups is 1. The van der Waals surface area contributed by atoms with Gasteiger partial charge in [0.25, 0.3) is 0 Å². The summed E-state index contributed by atoms with van der Waals surface area (Å²) < 4.78 is 39.5. The predicted octanol–water partition coefficient (Wildman–Crippen LogP) is 6.10. The second-order valence-electron chi connectivity index (χ2n) is 10.1. The fourth-order valence-corrected chi connectivity index (χ4v) is 16.1. The van der Waals surface area contributed by atoms with Crippen molar-refractivity contribution in [3.8, 4) is 0 Å². The Labute approximate surface area is 203 Å². The Kier molecular flexibility index (Phi) is 14.0. The van der Waals surface area contributed by atoms with E-state index in [0.717, 1.165) is 76.0 Å². The van der Waals surface area contributed by atoms with E-state index in [4.69, 9.17) is 13.8 Å². The van der Waals surface area contributed by atoms with Crippen LogP contribution in [0.5, 0.6) is 0 Å². The maximum absolute atomic E-state index is 13.9. The Morgan fingerprint density at radius 3 is 1.79 bits per heavy atom. The molecule has 198 valence electrons. The van der Waals surface area contributed by atoms with Crippen LogP contribution in [0.1, 0.15) is 105 Å². The fraction of sp³-hybridized carbons (Fsp3) is 0.960. The van der Waals surface area contributed by atoms with Crippen LogP contribution in [0.3, 0.4) is 0 Å². The molecule has 0 saturated heterocycles. The van der Waals surface area contributed by atoms with E-state index < -0.39 is 34.1 Å². The van der Waals surface area contributed by atoms with Gasteiger partial charge >= 0.3 is 204 Å². The van der Waals surface area contributed by atoms with Gasteiger partial charge in [0.1, 0.15) is 0 Å². The van der Waals surface area contributed by atoms with Gasteiger partial charge in [-0.3, -0.25) is 0 Å². The van der Waals surface area contributed by atoms with E-state index in [0.29, 0.717) is 19.3 Å². The average Bonchev–Trinajstić information content (AvgIpc) is 2.82. The molecule has 0 bridgehead atoms. The SMILES string of the molecule is CCCCP(CCCC)(CCCC)(CCCC)OS(=O)(=O)C1CCCC(C(=O)OCCO)C1. The fourth-order valence-electron chi connectivity index (χ4n) is 5.29. The summed E-state index contributed by atoms with van der Waals surface area (Å²) in [5, 5.41) is 8.30. The standard InChI is InChI=1S/C25H51O6PS/c1-5-9-18-32(19-10-6-2,20-11-7-3,21-12-8-4)31-33(28,29)24-15-13-14-23(22-24)25(27)30-17-16-26/h23-24,26H,5-22H2,1-4H3. The molecule has 0 aromatic heterocycles. The molecule has 1 fully saturated rings. The third kappa shape index (κ3) is 9.39. The van der Waals surface area contributed by atoms with Gasteiger partial charge in [-0.2, -0.15) is 0 Å². The van der Waals surface area contributed by atoms with Crippen molar-refractivity contribution in [1.29, 1.82) is 0 Å². The third-order valence-electron chi connectivity index (χ3n) is 7.33. The average molecular weight is 511 g/mol. The summed E-state index contributed by atoms with van der Waals surface area (Å²) in [7, 11) is -3.81. The first-order chi connectivity index (χ1) is 15.7. The van der Waals surface area contributed by atoms with Crippen LogP contribution in [0.15, 0.2) is 0 Å². The molecule has 0 aromatic rings. The van der Waals surface area contributed by atoms with E-state index in [1.54, 1.807) is 0 Å². The molecule has 1 aliphatic carbocycles. The molecule has 6 nitrogen and oxygen atoms in total. The number of rotatable bonds is 18. The quantitative estimate of drug-likeness (QED) is 0.177. The molecule has 1 rings (SSSR count). The van der Waals surface area contributed by atoms with Crippen LogP contribution in [-0.2, 0) is 23.6 Å². The van der Waals surface area contributed by atoms with E-state index in [2.05, 4.69) is 27.7 Å². The first-order valence-corrected chi connectivity index (χ1v) is 17.8. The topological polar surface area (TPSA) is 89.9 Å². The second kappa shape index (κ2) is 15.0. The third-order valence-corrected chi connectivity index (χ3v) is 16.9. The van der Waals surface area contributed by atoms with Crippen LogP contribution in [0.4, 0.5) is 0 Å². The van der Waals surface area contributed by atoms with Crippen LogP contribution >= 0.6 is 6.83 Å². The van der Waals surface area contributed by atoms with Crippen molar-refractivity contribution in [3.05, 3.63) is 0 Å². The molecule has 0 amide bonds. The molecule has 0 aliphatic heterocycles. The molecule has 8 heteroatoms. The summed E-state index contributed by atoms with van der Waals surface area (Å²) in [6.45, 7) is 5.46. The molecule has 0 aromatic carbocycles. The zero-order valence-electron chi connectivity index (χ0n) is 21.7. The van der Waals surface area contributed by atoms with Crippen molar-refractivity contribution in [2.75, 3.05) is 37.9 Å². The monoisotopic (exact) mass is 510 g/mol. The normalized spacial score (nSPS) is 20.8. The van der Waals surface area contributed by atoms with E-state index in [1.807, 2.05) is 0 Å². The van der Waals surface area contributed by atoms with Crippen molar-refractivity contribution < 1.29 is 27.0 Å². The van der Waals surface area contributed by atoms with Gasteiger partial charge in [-0.05, 0) is 0 Å². The number of ether oxygens (including phenoxy) is 1. The van der Waals surface area contributed by atoms with Gasteiger partial charge in [0.2, 0.25) is 0 Å². The van der Waals surface area contributed by atoms with Crippen LogP contribution in [-0.4, -0.2) is 62.6 Å². The maximum atomic E-state index is 13.9. The zero-order valence-corrected chi connectivity index (χ0v) is 23.4. The Morgan fingerprint density at radius 1 is 0.879 bits per heavy atom. The Balaban J connectivity index is 3.28. The summed E-state index contributed by atoms with van der Waals surface area (Å²) in [5.74, 6) is -0.826. The number of hydrogen-bond acceptors (Lipinski definition) is 6. The number of hydrogen-bond donors (Lipinski definition) is 1. The minimum atomic E-state index is -3.81. The van der Waals surface area contributed by atoms with Crippen LogP contribution < -0.4 is 0 Å². The zero-order chi connectivity index (χ0) is 24.8. The van der Waals surface area contributed by atoms with Gasteiger partial charge < -0.3 is 0 Å². The summed E-state index contributed by atoms with van der Waals surface area (Å²) in [6.07, 6.45) is 13.9. The molecule has 2 unspecified atom stereocenters. The summed E-state index contributed by atoms with van der Waals surface area (Å²) in [5.41, 5.74) is 0. The van der Waals surface area contributed by atoms with Crippen molar-refractivity contribution >= 4 is 22.9 Å². The number of aliphatic hydroxyl groups is 1. The van der Waals surface area contributed by atoms with Crippen LogP contribution in [0.2, 0.25) is 0 Å². The summed E-state index contributed by atoms with van der Waals surface area (Å²) in [4.78, 5) is 12.4. The number of unbranched alkanes of at least 4 members (excludes halogenated alkanes) is 4. The molecule has 2 atom stereocenters. The van der Waals surface area contributed by atoms with E-state index in [-0.39, 0.29) is 19.6 Å². The second-order valence-corrected chi connectivity index (χ2v) is 17.9. The summed E-state index contributed by atoms with van der Waals surface area (Å²) >= 11 is 0. The molecule has 1 N–H and O–H groups in total. The van der Waals surface area contributed by atoms with Crippen LogP contribution in [0.25, 0.3) is 0 Å².